The molecule has 0 saturated carbocycles. The van der Waals surface area contributed by atoms with Crippen LogP contribution in [0.1, 0.15) is 24.2 Å². The lowest BCUT2D eigenvalue weighted by Crippen LogP contribution is -2.30. The predicted molar refractivity (Wildman–Crippen MR) is 104 cm³/mol. The number of aromatic nitrogens is 2. The normalized spacial score (nSPS) is 12.2. The topological polar surface area (TPSA) is 64.0 Å². The standard InChI is InChI=1S/C19H17Cl2N3O2/c1-11(13-8-7-12(20)9-16(13)21)22-18(25)10-17-14-5-3-4-6-15(14)19(26)24(2)23-17/h3-9,11H,10H2,1-2H3,(H,22,25)/t11-/m0/s1. The van der Waals surface area contributed by atoms with Crippen LogP contribution in [-0.4, -0.2) is 15.7 Å². The molecular formula is C19H17Cl2N3O2. The molecule has 0 aliphatic carbocycles. The van der Waals surface area contributed by atoms with Gasteiger partial charge in [-0.15, -0.1) is 0 Å². The number of amides is 1. The van der Waals surface area contributed by atoms with E-state index in [4.69, 9.17) is 23.2 Å². The number of hydrogen-bond donors (Lipinski definition) is 1. The van der Waals surface area contributed by atoms with Gasteiger partial charge in [-0.05, 0) is 30.7 Å². The number of fused-ring (bicyclic) bond motifs is 1. The van der Waals surface area contributed by atoms with Crippen molar-refractivity contribution in [1.29, 1.82) is 0 Å². The molecule has 1 N–H and O–H groups in total. The van der Waals surface area contributed by atoms with Crippen molar-refractivity contribution in [2.75, 3.05) is 0 Å². The van der Waals surface area contributed by atoms with Crippen molar-refractivity contribution >= 4 is 39.9 Å². The minimum absolute atomic E-state index is 0.0597. The molecule has 5 nitrogen and oxygen atoms in total. The highest BCUT2D eigenvalue weighted by Gasteiger charge is 2.16. The van der Waals surface area contributed by atoms with Crippen molar-refractivity contribution in [2.24, 2.45) is 7.05 Å². The number of benzene rings is 2. The van der Waals surface area contributed by atoms with Crippen LogP contribution >= 0.6 is 23.2 Å². The van der Waals surface area contributed by atoms with Crippen LogP contribution in [0.3, 0.4) is 0 Å². The Balaban J connectivity index is 1.83. The van der Waals surface area contributed by atoms with Crippen molar-refractivity contribution in [1.82, 2.24) is 15.1 Å². The zero-order valence-electron chi connectivity index (χ0n) is 14.3. The molecule has 0 saturated heterocycles. The largest absolute Gasteiger partial charge is 0.349 e. The Morgan fingerprint density at radius 3 is 2.58 bits per heavy atom. The second kappa shape index (κ2) is 7.48. The average Bonchev–Trinajstić information content (AvgIpc) is 2.59. The van der Waals surface area contributed by atoms with Crippen molar-refractivity contribution in [3.05, 3.63) is 74.1 Å². The van der Waals surface area contributed by atoms with Gasteiger partial charge in [-0.3, -0.25) is 9.59 Å². The lowest BCUT2D eigenvalue weighted by Gasteiger charge is -2.16. The molecule has 1 atom stereocenters. The van der Waals surface area contributed by atoms with Crippen LogP contribution < -0.4 is 10.9 Å². The highest BCUT2D eigenvalue weighted by molar-refractivity contribution is 6.35. The smallest absolute Gasteiger partial charge is 0.274 e. The molecule has 0 radical (unpaired) electrons. The molecule has 1 amide bonds. The summed E-state index contributed by atoms with van der Waals surface area (Å²) in [6.07, 6.45) is 0.0597. The fourth-order valence-corrected chi connectivity index (χ4v) is 3.45. The maximum Gasteiger partial charge on any atom is 0.274 e. The first-order valence-electron chi connectivity index (χ1n) is 8.06. The molecule has 3 aromatic rings. The van der Waals surface area contributed by atoms with Crippen molar-refractivity contribution in [3.8, 4) is 0 Å². The second-order valence-electron chi connectivity index (χ2n) is 6.05. The molecule has 0 aliphatic rings. The second-order valence-corrected chi connectivity index (χ2v) is 6.90. The number of rotatable bonds is 4. The first kappa shape index (κ1) is 18.4. The lowest BCUT2D eigenvalue weighted by molar-refractivity contribution is -0.121. The predicted octanol–water partition coefficient (Wildman–Crippen LogP) is 3.66. The number of hydrogen-bond acceptors (Lipinski definition) is 3. The monoisotopic (exact) mass is 389 g/mol. The Hall–Kier alpha value is -2.37. The quantitative estimate of drug-likeness (QED) is 0.740. The molecule has 0 spiro atoms. The molecule has 134 valence electrons. The first-order valence-corrected chi connectivity index (χ1v) is 8.81. The van der Waals surface area contributed by atoms with Gasteiger partial charge in [-0.2, -0.15) is 5.10 Å². The summed E-state index contributed by atoms with van der Waals surface area (Å²) in [6, 6.07) is 12.0. The zero-order valence-corrected chi connectivity index (χ0v) is 15.8. The number of aryl methyl sites for hydroxylation is 1. The Labute approximate surface area is 160 Å². The number of carbonyl (C=O) groups excluding carboxylic acids is 1. The van der Waals surface area contributed by atoms with Gasteiger partial charge in [-0.1, -0.05) is 47.5 Å². The Morgan fingerprint density at radius 2 is 1.88 bits per heavy atom. The first-order chi connectivity index (χ1) is 12.4. The molecule has 0 bridgehead atoms. The van der Waals surface area contributed by atoms with Crippen molar-refractivity contribution < 1.29 is 4.79 Å². The van der Waals surface area contributed by atoms with Crippen LogP contribution in [0, 0.1) is 0 Å². The van der Waals surface area contributed by atoms with E-state index in [0.717, 1.165) is 5.56 Å². The van der Waals surface area contributed by atoms with Gasteiger partial charge < -0.3 is 5.32 Å². The van der Waals surface area contributed by atoms with E-state index in [1.807, 2.05) is 13.0 Å². The number of nitrogens with one attached hydrogen (secondary N) is 1. The van der Waals surface area contributed by atoms with Crippen LogP contribution in [0.5, 0.6) is 0 Å². The Bertz CT molecular complexity index is 1050. The number of nitrogens with zero attached hydrogens (tertiary/aromatic N) is 2. The molecule has 0 fully saturated rings. The molecule has 0 unspecified atom stereocenters. The van der Waals surface area contributed by atoms with E-state index in [2.05, 4.69) is 10.4 Å². The van der Waals surface area contributed by atoms with E-state index in [1.54, 1.807) is 43.4 Å². The third-order valence-corrected chi connectivity index (χ3v) is 4.73. The number of halogens is 2. The summed E-state index contributed by atoms with van der Waals surface area (Å²) in [4.78, 5) is 24.7. The van der Waals surface area contributed by atoms with Crippen LogP contribution in [0.2, 0.25) is 10.0 Å². The van der Waals surface area contributed by atoms with Gasteiger partial charge in [0.25, 0.3) is 5.56 Å². The summed E-state index contributed by atoms with van der Waals surface area (Å²) in [5, 5.41) is 9.42. The number of carbonyl (C=O) groups is 1. The van der Waals surface area contributed by atoms with Gasteiger partial charge in [0.1, 0.15) is 0 Å². The Morgan fingerprint density at radius 1 is 1.19 bits per heavy atom. The van der Waals surface area contributed by atoms with Crippen molar-refractivity contribution in [2.45, 2.75) is 19.4 Å². The molecule has 0 aliphatic heterocycles. The molecule has 3 rings (SSSR count). The molecule has 1 heterocycles. The molecular weight excluding hydrogens is 373 g/mol. The van der Waals surface area contributed by atoms with Gasteiger partial charge >= 0.3 is 0 Å². The van der Waals surface area contributed by atoms with Crippen LogP contribution in [0.4, 0.5) is 0 Å². The van der Waals surface area contributed by atoms with Gasteiger partial charge in [0.05, 0.1) is 23.5 Å². The van der Waals surface area contributed by atoms with Crippen LogP contribution in [-0.2, 0) is 18.3 Å². The third-order valence-electron chi connectivity index (χ3n) is 4.17. The van der Waals surface area contributed by atoms with Gasteiger partial charge in [0.15, 0.2) is 0 Å². The van der Waals surface area contributed by atoms with E-state index < -0.39 is 0 Å². The van der Waals surface area contributed by atoms with E-state index >= 15 is 0 Å². The summed E-state index contributed by atoms with van der Waals surface area (Å²) in [5.41, 5.74) is 1.14. The van der Waals surface area contributed by atoms with Crippen LogP contribution in [0.25, 0.3) is 10.8 Å². The molecule has 1 aromatic heterocycles. The molecule has 26 heavy (non-hydrogen) atoms. The minimum atomic E-state index is -0.286. The van der Waals surface area contributed by atoms with E-state index in [9.17, 15) is 9.59 Å². The molecule has 2 aromatic carbocycles. The van der Waals surface area contributed by atoms with E-state index in [-0.39, 0.29) is 23.9 Å². The molecule has 7 heteroatoms. The SMILES string of the molecule is C[C@H](NC(=O)Cc1nn(C)c(=O)c2ccccc12)c1ccc(Cl)cc1Cl. The van der Waals surface area contributed by atoms with Gasteiger partial charge in [0, 0.05) is 22.5 Å². The maximum atomic E-state index is 12.5. The third kappa shape index (κ3) is 3.74. The lowest BCUT2D eigenvalue weighted by atomic mass is 10.1. The maximum absolute atomic E-state index is 12.5. The zero-order chi connectivity index (χ0) is 18.8. The fraction of sp³-hybridized carbons (Fsp3) is 0.211. The summed E-state index contributed by atoms with van der Waals surface area (Å²) >= 11 is 12.1. The average molecular weight is 390 g/mol. The minimum Gasteiger partial charge on any atom is -0.349 e. The summed E-state index contributed by atoms with van der Waals surface area (Å²) in [5.74, 6) is -0.209. The summed E-state index contributed by atoms with van der Waals surface area (Å²) in [7, 11) is 1.58. The van der Waals surface area contributed by atoms with Gasteiger partial charge in [0.2, 0.25) is 5.91 Å². The summed E-state index contributed by atoms with van der Waals surface area (Å²) < 4.78 is 1.25. The highest BCUT2D eigenvalue weighted by atomic mass is 35.5. The Kier molecular flexibility index (Phi) is 5.30. The summed E-state index contributed by atoms with van der Waals surface area (Å²) in [6.45, 7) is 1.85. The van der Waals surface area contributed by atoms with Crippen LogP contribution in [0.15, 0.2) is 47.3 Å². The van der Waals surface area contributed by atoms with Gasteiger partial charge in [-0.25, -0.2) is 4.68 Å². The van der Waals surface area contributed by atoms with E-state index in [0.29, 0.717) is 26.5 Å². The highest BCUT2D eigenvalue weighted by Crippen LogP contribution is 2.26. The van der Waals surface area contributed by atoms with Crippen molar-refractivity contribution in [3.63, 3.8) is 0 Å². The van der Waals surface area contributed by atoms with E-state index in [1.165, 1.54) is 4.68 Å². The fourth-order valence-electron chi connectivity index (χ4n) is 2.88.